The van der Waals surface area contributed by atoms with Crippen LogP contribution in [-0.2, 0) is 0 Å². The van der Waals surface area contributed by atoms with Gasteiger partial charge in [-0.25, -0.2) is 0 Å². The van der Waals surface area contributed by atoms with Crippen molar-refractivity contribution in [3.8, 4) is 84.4 Å². The zero-order valence-electron chi connectivity index (χ0n) is 38.4. The molecule has 0 saturated carbocycles. The van der Waals surface area contributed by atoms with Crippen LogP contribution in [0, 0.1) is 0 Å². The number of fused-ring (bicyclic) bond motifs is 11. The molecule has 0 aliphatic rings. The van der Waals surface area contributed by atoms with Crippen molar-refractivity contribution in [2.24, 2.45) is 0 Å². The fourth-order valence-electron chi connectivity index (χ4n) is 11.5. The van der Waals surface area contributed by atoms with Gasteiger partial charge in [-0.2, -0.15) is 0 Å². The minimum atomic E-state index is -1.00. The summed E-state index contributed by atoms with van der Waals surface area (Å²) in [4.78, 5) is 0. The Hall–Kier alpha value is -9.78. The third-order valence-electron chi connectivity index (χ3n) is 14.8. The van der Waals surface area contributed by atoms with Gasteiger partial charge in [0, 0.05) is 16.3 Å². The number of phenols is 5. The van der Waals surface area contributed by atoms with Crippen LogP contribution in [0.5, 0.6) is 28.7 Å². The van der Waals surface area contributed by atoms with E-state index in [4.69, 9.17) is 4.42 Å². The molecule has 6 heteroatoms. The summed E-state index contributed by atoms with van der Waals surface area (Å²) in [7, 11) is 0. The zero-order chi connectivity index (χ0) is 48.4. The Morgan fingerprint density at radius 2 is 0.806 bits per heavy atom. The molecule has 14 aromatic rings. The van der Waals surface area contributed by atoms with E-state index in [-0.39, 0.29) is 5.56 Å². The van der Waals surface area contributed by atoms with Gasteiger partial charge in [-0.05, 0) is 139 Å². The number of hydrogen-bond donors (Lipinski definition) is 5. The lowest BCUT2D eigenvalue weighted by molar-refractivity contribution is 0.330. The third kappa shape index (κ3) is 5.96. The van der Waals surface area contributed by atoms with Crippen molar-refractivity contribution in [1.82, 2.24) is 0 Å². The van der Waals surface area contributed by atoms with Crippen LogP contribution in [0.1, 0.15) is 0 Å². The van der Waals surface area contributed by atoms with E-state index < -0.39 is 28.7 Å². The van der Waals surface area contributed by atoms with E-state index in [0.717, 1.165) is 120 Å². The third-order valence-corrected chi connectivity index (χ3v) is 14.8. The second-order valence-corrected chi connectivity index (χ2v) is 18.6. The fourth-order valence-corrected chi connectivity index (χ4v) is 11.5. The fraction of sp³-hybridized carbons (Fsp3) is 0. The van der Waals surface area contributed by atoms with E-state index in [9.17, 15) is 25.5 Å². The molecule has 0 aliphatic carbocycles. The van der Waals surface area contributed by atoms with Crippen LogP contribution in [0.15, 0.2) is 217 Å². The molecular formula is C66H40O6. The first-order valence-corrected chi connectivity index (χ1v) is 23.9. The maximum absolute atomic E-state index is 11.3. The van der Waals surface area contributed by atoms with Gasteiger partial charge in [-0.3, -0.25) is 0 Å². The molecule has 0 amide bonds. The molecule has 0 atom stereocenters. The summed E-state index contributed by atoms with van der Waals surface area (Å²) in [5, 5.41) is 68.6. The molecule has 0 bridgehead atoms. The van der Waals surface area contributed by atoms with E-state index >= 15 is 0 Å². The smallest absolute Gasteiger partial charge is 0.208 e. The van der Waals surface area contributed by atoms with Crippen molar-refractivity contribution in [1.29, 1.82) is 0 Å². The van der Waals surface area contributed by atoms with Crippen molar-refractivity contribution in [3.05, 3.63) is 212 Å². The van der Waals surface area contributed by atoms with Crippen molar-refractivity contribution < 1.29 is 29.9 Å². The van der Waals surface area contributed by atoms with Crippen LogP contribution in [0.4, 0.5) is 0 Å². The summed E-state index contributed by atoms with van der Waals surface area (Å²) in [6, 6.07) is 73.8. The summed E-state index contributed by atoms with van der Waals surface area (Å²) in [6.07, 6.45) is 0. The van der Waals surface area contributed by atoms with Crippen LogP contribution in [0.2, 0.25) is 0 Å². The van der Waals surface area contributed by atoms with E-state index in [1.165, 1.54) is 0 Å². The van der Waals surface area contributed by atoms with Crippen molar-refractivity contribution in [3.63, 3.8) is 0 Å². The molecule has 0 unspecified atom stereocenters. The van der Waals surface area contributed by atoms with Gasteiger partial charge in [0.1, 0.15) is 11.2 Å². The SMILES string of the molecule is Oc1c(O)c(O)c(-c2c3ccccc3c(-c3ccc(-c4ccc5cc(-c6cccc7oc8ccc(-c9ccccc9)cc8c67)c6ccccc6c5c4)c4c3ccc3ccccc34)c3ccccc23)c(O)c1O. The van der Waals surface area contributed by atoms with Crippen molar-refractivity contribution in [2.75, 3.05) is 0 Å². The summed E-state index contributed by atoms with van der Waals surface area (Å²) in [5.41, 5.74) is 10.6. The van der Waals surface area contributed by atoms with Gasteiger partial charge in [0.2, 0.25) is 17.2 Å². The first-order valence-electron chi connectivity index (χ1n) is 23.9. The number of furan rings is 1. The molecule has 14 rings (SSSR count). The number of aromatic hydroxyl groups is 5. The Bertz CT molecular complexity index is 4540. The quantitative estimate of drug-likeness (QED) is 0.0508. The van der Waals surface area contributed by atoms with Gasteiger partial charge < -0.3 is 29.9 Å². The lowest BCUT2D eigenvalue weighted by atomic mass is 9.82. The molecule has 0 fully saturated rings. The zero-order valence-corrected chi connectivity index (χ0v) is 38.4. The molecule has 72 heavy (non-hydrogen) atoms. The molecule has 1 heterocycles. The normalized spacial score (nSPS) is 11.9. The second-order valence-electron chi connectivity index (χ2n) is 18.6. The number of hydrogen-bond acceptors (Lipinski definition) is 6. The molecule has 13 aromatic carbocycles. The minimum Gasteiger partial charge on any atom is -0.504 e. The topological polar surface area (TPSA) is 114 Å². The van der Waals surface area contributed by atoms with Crippen LogP contribution in [0.3, 0.4) is 0 Å². The average molecular weight is 929 g/mol. The summed E-state index contributed by atoms with van der Waals surface area (Å²) >= 11 is 0. The van der Waals surface area contributed by atoms with Gasteiger partial charge >= 0.3 is 0 Å². The molecular weight excluding hydrogens is 889 g/mol. The van der Waals surface area contributed by atoms with Gasteiger partial charge in [0.25, 0.3) is 0 Å². The van der Waals surface area contributed by atoms with Gasteiger partial charge in [-0.15, -0.1) is 0 Å². The van der Waals surface area contributed by atoms with Crippen LogP contribution >= 0.6 is 0 Å². The maximum atomic E-state index is 11.3. The highest BCUT2D eigenvalue weighted by Crippen LogP contribution is 2.58. The van der Waals surface area contributed by atoms with E-state index in [1.54, 1.807) is 0 Å². The van der Waals surface area contributed by atoms with Gasteiger partial charge in [-0.1, -0.05) is 182 Å². The highest BCUT2D eigenvalue weighted by atomic mass is 16.4. The minimum absolute atomic E-state index is 0.187. The largest absolute Gasteiger partial charge is 0.504 e. The van der Waals surface area contributed by atoms with Crippen LogP contribution in [0.25, 0.3) is 142 Å². The molecule has 0 radical (unpaired) electrons. The molecule has 0 saturated heterocycles. The van der Waals surface area contributed by atoms with E-state index in [0.29, 0.717) is 16.3 Å². The molecule has 1 aromatic heterocycles. The van der Waals surface area contributed by atoms with E-state index in [2.05, 4.69) is 158 Å². The number of benzene rings is 13. The molecule has 6 nitrogen and oxygen atoms in total. The van der Waals surface area contributed by atoms with Crippen molar-refractivity contribution >= 4 is 86.6 Å². The lowest BCUT2D eigenvalue weighted by Gasteiger charge is -2.21. The Labute approximate surface area is 411 Å². The molecule has 0 aliphatic heterocycles. The maximum Gasteiger partial charge on any atom is 0.208 e. The summed E-state index contributed by atoms with van der Waals surface area (Å²) in [6.45, 7) is 0. The predicted molar refractivity (Wildman–Crippen MR) is 294 cm³/mol. The second kappa shape index (κ2) is 15.6. The van der Waals surface area contributed by atoms with Gasteiger partial charge in [0.05, 0.1) is 5.56 Å². The number of rotatable bonds is 5. The first-order chi connectivity index (χ1) is 35.3. The Morgan fingerprint density at radius 3 is 1.53 bits per heavy atom. The molecule has 5 N–H and O–H groups in total. The highest BCUT2D eigenvalue weighted by molar-refractivity contribution is 6.28. The Balaban J connectivity index is 0.994. The summed E-state index contributed by atoms with van der Waals surface area (Å²) < 4.78 is 6.52. The van der Waals surface area contributed by atoms with Crippen LogP contribution in [-0.4, -0.2) is 25.5 Å². The standard InChI is InChI=1S/C66H40O6/c67-62-61(63(68)65(70)66(71)64(62)69)60-47-21-10-8-19-45(47)58(46-20-9-11-22-48(46)60)51-31-30-42(57-41-16-5-4-15-37(41)27-29-50(51)57)39-25-26-40-35-53(44-18-7-6-17-43(44)52(40)34-39)49-23-12-24-56-59(49)54-33-38(28-32-55(54)72-56)36-13-2-1-3-14-36/h1-35,67-71H. The van der Waals surface area contributed by atoms with E-state index in [1.807, 2.05) is 54.6 Å². The van der Waals surface area contributed by atoms with Crippen LogP contribution < -0.4 is 0 Å². The van der Waals surface area contributed by atoms with Gasteiger partial charge in [0.15, 0.2) is 11.5 Å². The average Bonchev–Trinajstić information content (AvgIpc) is 3.82. The first kappa shape index (κ1) is 41.2. The summed E-state index contributed by atoms with van der Waals surface area (Å²) in [5.74, 6) is -4.34. The molecule has 0 spiro atoms. The molecule has 340 valence electrons. The highest BCUT2D eigenvalue weighted by Gasteiger charge is 2.29. The Kier molecular flexibility index (Phi) is 8.94. The predicted octanol–water partition coefficient (Wildman–Crippen LogP) is 17.4. The van der Waals surface area contributed by atoms with Crippen molar-refractivity contribution in [2.45, 2.75) is 0 Å². The number of phenolic OH excluding ortho intramolecular Hbond substituents is 5. The Morgan fingerprint density at radius 1 is 0.236 bits per heavy atom. The monoisotopic (exact) mass is 928 g/mol. The lowest BCUT2D eigenvalue weighted by Crippen LogP contribution is -1.94.